The Kier molecular flexibility index (Phi) is 6.85. The second-order valence-corrected chi connectivity index (χ2v) is 21.0. The average Bonchev–Trinajstić information content (AvgIpc) is 2.62. The van der Waals surface area contributed by atoms with Crippen LogP contribution in [0.15, 0.2) is 59.5 Å². The van der Waals surface area contributed by atoms with Crippen molar-refractivity contribution in [1.29, 1.82) is 0 Å². The molecule has 0 aliphatic heterocycles. The second-order valence-electron chi connectivity index (χ2n) is 8.28. The Balaban J connectivity index is 2.81. The van der Waals surface area contributed by atoms with E-state index in [1.165, 1.54) is 11.6 Å². The van der Waals surface area contributed by atoms with Gasteiger partial charge < -0.3 is 0 Å². The number of benzene rings is 2. The number of aryl methyl sites for hydroxylation is 1. The first kappa shape index (κ1) is 22.8. The molecule has 2 unspecified atom stereocenters. The Morgan fingerprint density at radius 2 is 1.63 bits per heavy atom. The van der Waals surface area contributed by atoms with Crippen molar-refractivity contribution in [3.8, 4) is 0 Å². The molecule has 2 rings (SSSR count). The predicted octanol–water partition coefficient (Wildman–Crippen LogP) is 4.72. The molecule has 0 fully saturated rings. The summed E-state index contributed by atoms with van der Waals surface area (Å²) in [5.41, 5.74) is 2.08. The van der Waals surface area contributed by atoms with E-state index < -0.39 is 20.3 Å². The zero-order valence-corrected chi connectivity index (χ0v) is 20.2. The van der Waals surface area contributed by atoms with Crippen LogP contribution in [0.3, 0.4) is 0 Å². The minimum absolute atomic E-state index is 0.386. The molecule has 0 aliphatic rings. The van der Waals surface area contributed by atoms with Crippen molar-refractivity contribution >= 4 is 50.0 Å². The van der Waals surface area contributed by atoms with E-state index in [-0.39, 0.29) is 0 Å². The normalized spacial score (nSPS) is 16.0. The quantitative estimate of drug-likeness (QED) is 0.442. The molecule has 146 valence electrons. The molecule has 7 heteroatoms. The molecule has 0 radical (unpaired) electrons. The fraction of sp³-hybridized carbons (Fsp3) is 0.350. The van der Waals surface area contributed by atoms with Gasteiger partial charge in [0.25, 0.3) is 0 Å². The topological polar surface area (TPSA) is 34.1 Å². The molecule has 0 heterocycles. The van der Waals surface area contributed by atoms with Gasteiger partial charge in [-0.1, -0.05) is 0 Å². The first-order chi connectivity index (χ1) is 12.5. The number of sulfone groups is 1. The molecule has 27 heavy (non-hydrogen) atoms. The van der Waals surface area contributed by atoms with E-state index in [9.17, 15) is 8.42 Å². The van der Waals surface area contributed by atoms with Gasteiger partial charge >= 0.3 is 172 Å². The van der Waals surface area contributed by atoms with Gasteiger partial charge in [0, 0.05) is 0 Å². The van der Waals surface area contributed by atoms with Crippen LogP contribution in [-0.4, -0.2) is 50.8 Å². The summed E-state index contributed by atoms with van der Waals surface area (Å²) >= 11 is 1.38. The van der Waals surface area contributed by atoms with Crippen molar-refractivity contribution in [2.45, 2.75) is 22.1 Å². The monoisotopic (exact) mass is 438 g/mol. The van der Waals surface area contributed by atoms with Gasteiger partial charge in [-0.05, 0) is 0 Å². The Morgan fingerprint density at radius 1 is 1.07 bits per heavy atom. The Hall–Kier alpha value is -0.465. The molecule has 0 aromatic heterocycles. The van der Waals surface area contributed by atoms with E-state index in [0.717, 1.165) is 17.0 Å². The van der Waals surface area contributed by atoms with Crippen molar-refractivity contribution in [1.82, 2.24) is 0 Å². The third-order valence-corrected chi connectivity index (χ3v) is 21.6. The van der Waals surface area contributed by atoms with Crippen molar-refractivity contribution in [3.63, 3.8) is 0 Å². The summed E-state index contributed by atoms with van der Waals surface area (Å²) in [5.74, 6) is 0.754. The van der Waals surface area contributed by atoms with Gasteiger partial charge in [-0.3, -0.25) is 0 Å². The van der Waals surface area contributed by atoms with Crippen molar-refractivity contribution in [2.24, 2.45) is 0 Å². The van der Waals surface area contributed by atoms with Crippen LogP contribution in [0.2, 0.25) is 0 Å². The van der Waals surface area contributed by atoms with Crippen molar-refractivity contribution in [3.05, 3.63) is 65.7 Å². The van der Waals surface area contributed by atoms with E-state index in [1.807, 2.05) is 49.4 Å². The van der Waals surface area contributed by atoms with Crippen LogP contribution in [0.4, 0.5) is 0 Å². The van der Waals surface area contributed by atoms with Gasteiger partial charge in [-0.2, -0.15) is 0 Å². The summed E-state index contributed by atoms with van der Waals surface area (Å²) in [5, 5.41) is 0. The molecule has 2 aromatic rings. The van der Waals surface area contributed by atoms with E-state index >= 15 is 0 Å². The standard InChI is InChI=1S/C20H29BO2P2S2/c1-17-11-13-19(14-12-17)27(22,23)20(26-21-2,25(3,4,5)16-24)15-18-9-7-6-8-10-18/h6-14H,2,15-16,24H2,1,3-5H3. The third kappa shape index (κ3) is 4.27. The molecule has 0 saturated carbocycles. The average molecular weight is 438 g/mol. The molecule has 2 nitrogen and oxygen atoms in total. The molecule has 0 spiro atoms. The van der Waals surface area contributed by atoms with E-state index in [4.69, 9.17) is 0 Å². The number of rotatable bonds is 8. The van der Waals surface area contributed by atoms with Crippen LogP contribution in [0, 0.1) is 6.92 Å². The van der Waals surface area contributed by atoms with Gasteiger partial charge in [-0.25, -0.2) is 0 Å². The predicted molar refractivity (Wildman–Crippen MR) is 131 cm³/mol. The van der Waals surface area contributed by atoms with E-state index in [1.54, 1.807) is 18.3 Å². The number of hydrogen-bond donors (Lipinski definition) is 0. The molecule has 0 bridgehead atoms. The van der Waals surface area contributed by atoms with Gasteiger partial charge in [-0.15, -0.1) is 0 Å². The van der Waals surface area contributed by atoms with Crippen LogP contribution in [-0.2, 0) is 16.3 Å². The zero-order valence-electron chi connectivity index (χ0n) is 16.6. The maximum atomic E-state index is 14.1. The van der Waals surface area contributed by atoms with E-state index in [2.05, 4.69) is 35.7 Å². The van der Waals surface area contributed by atoms with Gasteiger partial charge in [0.05, 0.1) is 0 Å². The molecule has 0 N–H and O–H groups in total. The van der Waals surface area contributed by atoms with Gasteiger partial charge in [0.1, 0.15) is 0 Å². The Morgan fingerprint density at radius 3 is 2.11 bits per heavy atom. The molecule has 2 aromatic carbocycles. The Bertz CT molecular complexity index is 904. The maximum absolute atomic E-state index is 14.1. The van der Waals surface area contributed by atoms with Crippen LogP contribution < -0.4 is 0 Å². The van der Waals surface area contributed by atoms with E-state index in [0.29, 0.717) is 11.3 Å². The molecule has 0 saturated heterocycles. The molecular formula is C20H29BO2P2S2. The molecular weight excluding hydrogens is 409 g/mol. The number of hydrogen-bond acceptors (Lipinski definition) is 3. The fourth-order valence-electron chi connectivity index (χ4n) is 3.16. The summed E-state index contributed by atoms with van der Waals surface area (Å²) in [6.07, 6.45) is 2.16. The SMILES string of the molecule is C=BSC(Cc1ccccc1)(S(=O)(=O)c1ccc(C)cc1)P(C)(C)(C)CP. The van der Waals surface area contributed by atoms with Crippen LogP contribution in [0.5, 0.6) is 0 Å². The summed E-state index contributed by atoms with van der Waals surface area (Å²) in [6, 6.07) is 17.1. The van der Waals surface area contributed by atoms with Crippen molar-refractivity contribution < 1.29 is 8.42 Å². The molecule has 0 aliphatic carbocycles. The zero-order chi connectivity index (χ0) is 20.4. The third-order valence-electron chi connectivity index (χ3n) is 5.19. The first-order valence-electron chi connectivity index (χ1n) is 8.82. The van der Waals surface area contributed by atoms with Crippen LogP contribution >= 0.6 is 27.5 Å². The molecule has 2 atom stereocenters. The fourth-order valence-corrected chi connectivity index (χ4v) is 14.8. The summed E-state index contributed by atoms with van der Waals surface area (Å²) < 4.78 is 27.3. The van der Waals surface area contributed by atoms with Crippen LogP contribution in [0.1, 0.15) is 11.1 Å². The Labute approximate surface area is 171 Å². The summed E-state index contributed by atoms with van der Waals surface area (Å²) in [6.45, 7) is 9.66. The van der Waals surface area contributed by atoms with Gasteiger partial charge in [0.2, 0.25) is 0 Å². The summed E-state index contributed by atoms with van der Waals surface area (Å²) in [4.78, 5) is 0.386. The minimum atomic E-state index is -3.63. The first-order valence-corrected chi connectivity index (χ1v) is 15.8. The summed E-state index contributed by atoms with van der Waals surface area (Å²) in [7, 11) is -0.825. The second kappa shape index (κ2) is 8.11. The van der Waals surface area contributed by atoms with Crippen LogP contribution in [0.25, 0.3) is 0 Å². The van der Waals surface area contributed by atoms with Gasteiger partial charge in [0.15, 0.2) is 0 Å². The van der Waals surface area contributed by atoms with Crippen molar-refractivity contribution in [2.75, 3.05) is 25.9 Å². The molecule has 0 amide bonds.